The number of nitrogens with one attached hydrogen (secondary N) is 1. The average molecular weight is 648 g/mol. The van der Waals surface area contributed by atoms with Gasteiger partial charge in [-0.2, -0.15) is 5.10 Å². The Kier molecular flexibility index (Phi) is 9.05. The predicted octanol–water partition coefficient (Wildman–Crippen LogP) is 6.90. The molecule has 4 aromatic rings. The lowest BCUT2D eigenvalue weighted by Crippen LogP contribution is -2.38. The van der Waals surface area contributed by atoms with Gasteiger partial charge in [0.1, 0.15) is 0 Å². The fraction of sp³-hybridized carbons (Fsp3) is 0.394. The summed E-state index contributed by atoms with van der Waals surface area (Å²) < 4.78 is 3.36. The first kappa shape index (κ1) is 31.0. The number of aromatic nitrogens is 6. The molecule has 2 atom stereocenters. The van der Waals surface area contributed by atoms with Crippen molar-refractivity contribution in [3.63, 3.8) is 0 Å². The molecule has 1 aromatic carbocycles. The third-order valence-electron chi connectivity index (χ3n) is 9.14. The minimum atomic E-state index is -0.260. The number of anilines is 1. The summed E-state index contributed by atoms with van der Waals surface area (Å²) in [5.41, 5.74) is 5.60. The third-order valence-corrected chi connectivity index (χ3v) is 9.54. The monoisotopic (exact) mass is 646 g/mol. The minimum Gasteiger partial charge on any atom is -0.330 e. The molecule has 0 unspecified atom stereocenters. The summed E-state index contributed by atoms with van der Waals surface area (Å²) in [6.45, 7) is 4.78. The minimum absolute atomic E-state index is 0.0250. The van der Waals surface area contributed by atoms with Crippen LogP contribution in [-0.2, 0) is 16.6 Å². The Bertz CT molecular complexity index is 1760. The van der Waals surface area contributed by atoms with Crippen LogP contribution in [-0.4, -0.2) is 53.0 Å². The highest BCUT2D eigenvalue weighted by Gasteiger charge is 2.33. The van der Waals surface area contributed by atoms with Crippen LogP contribution in [0.15, 0.2) is 55.0 Å². The zero-order valence-electron chi connectivity index (χ0n) is 25.6. The van der Waals surface area contributed by atoms with Crippen LogP contribution in [0.1, 0.15) is 69.7 Å². The number of carbonyl (C=O) groups excluding carboxylic acids is 2. The van der Waals surface area contributed by atoms with Crippen LogP contribution in [0.3, 0.4) is 0 Å². The molecule has 0 aliphatic carbocycles. The smallest absolute Gasteiger partial charge is 0.247 e. The zero-order valence-corrected chi connectivity index (χ0v) is 27.1. The number of carbonyl (C=O) groups is 2. The number of pyridine rings is 1. The highest BCUT2D eigenvalue weighted by atomic mass is 35.5. The summed E-state index contributed by atoms with van der Waals surface area (Å²) in [5, 5.41) is 16.5. The number of benzene rings is 1. The molecule has 1 N–H and O–H groups in total. The number of nitrogens with zero attached hydrogens (tertiary/aromatic N) is 7. The van der Waals surface area contributed by atoms with Crippen molar-refractivity contribution in [1.82, 2.24) is 34.7 Å². The SMILES string of the molecule is CCC(CC)[C@@H]1CCC[C@H](N2CCC(c3cc(Cl)ccc3-n3cc(Cl)nn3)=CC2=O)c2cc(ccn2)-c2c(cnn2C)NC1=O. The average Bonchev–Trinajstić information content (AvgIpc) is 3.63. The first-order valence-electron chi connectivity index (χ1n) is 15.5. The third kappa shape index (κ3) is 6.26. The molecule has 2 aliphatic rings. The van der Waals surface area contributed by atoms with Gasteiger partial charge in [-0.3, -0.25) is 19.3 Å². The maximum Gasteiger partial charge on any atom is 0.247 e. The van der Waals surface area contributed by atoms with Crippen molar-refractivity contribution in [3.05, 3.63) is 76.4 Å². The van der Waals surface area contributed by atoms with Gasteiger partial charge >= 0.3 is 0 Å². The second-order valence-corrected chi connectivity index (χ2v) is 12.5. The molecule has 0 spiro atoms. The van der Waals surface area contributed by atoms with Crippen molar-refractivity contribution >= 4 is 46.3 Å². The van der Waals surface area contributed by atoms with Crippen LogP contribution >= 0.6 is 23.2 Å². The van der Waals surface area contributed by atoms with Gasteiger partial charge in [-0.15, -0.1) is 5.10 Å². The summed E-state index contributed by atoms with van der Waals surface area (Å²) in [4.78, 5) is 34.3. The van der Waals surface area contributed by atoms with Gasteiger partial charge in [-0.1, -0.05) is 61.5 Å². The summed E-state index contributed by atoms with van der Waals surface area (Å²) in [7, 11) is 1.87. The molecule has 0 radical (unpaired) electrons. The van der Waals surface area contributed by atoms with Crippen LogP contribution < -0.4 is 5.32 Å². The first-order chi connectivity index (χ1) is 21.8. The number of hydrogen-bond acceptors (Lipinski definition) is 6. The van der Waals surface area contributed by atoms with Crippen molar-refractivity contribution in [2.45, 2.75) is 58.4 Å². The summed E-state index contributed by atoms with van der Waals surface area (Å²) in [6, 6.07) is 9.15. The lowest BCUT2D eigenvalue weighted by molar-refractivity contribution is -0.129. The number of fused-ring (bicyclic) bond motifs is 4. The Labute approximate surface area is 272 Å². The summed E-state index contributed by atoms with van der Waals surface area (Å²) in [5.74, 6) is 0.0430. The Morgan fingerprint density at radius 2 is 1.91 bits per heavy atom. The molecule has 2 amide bonds. The number of rotatable bonds is 6. The fourth-order valence-electron chi connectivity index (χ4n) is 6.81. The van der Waals surface area contributed by atoms with Gasteiger partial charge < -0.3 is 10.2 Å². The van der Waals surface area contributed by atoms with Gasteiger partial charge in [-0.05, 0) is 61.1 Å². The normalized spacial score (nSPS) is 19.1. The molecule has 3 aromatic heterocycles. The predicted molar refractivity (Wildman–Crippen MR) is 175 cm³/mol. The number of aryl methyl sites for hydroxylation is 1. The lowest BCUT2D eigenvalue weighted by atomic mass is 9.82. The van der Waals surface area contributed by atoms with Gasteiger partial charge in [-0.25, -0.2) is 4.68 Å². The molecule has 2 bridgehead atoms. The van der Waals surface area contributed by atoms with Gasteiger partial charge in [0.05, 0.1) is 41.2 Å². The van der Waals surface area contributed by atoms with E-state index in [2.05, 4.69) is 34.6 Å². The van der Waals surface area contributed by atoms with Crippen LogP contribution in [0.25, 0.3) is 22.5 Å². The second-order valence-electron chi connectivity index (χ2n) is 11.7. The van der Waals surface area contributed by atoms with Crippen molar-refractivity contribution in [2.24, 2.45) is 18.9 Å². The maximum atomic E-state index is 14.0. The van der Waals surface area contributed by atoms with Gasteiger partial charge in [0.2, 0.25) is 11.8 Å². The van der Waals surface area contributed by atoms with Gasteiger partial charge in [0.25, 0.3) is 0 Å². The number of amides is 2. The Morgan fingerprint density at radius 1 is 1.09 bits per heavy atom. The fourth-order valence-corrected chi connectivity index (χ4v) is 7.11. The molecule has 234 valence electrons. The highest BCUT2D eigenvalue weighted by Crippen LogP contribution is 2.38. The van der Waals surface area contributed by atoms with Crippen molar-refractivity contribution < 1.29 is 9.59 Å². The van der Waals surface area contributed by atoms with Crippen molar-refractivity contribution in [2.75, 3.05) is 11.9 Å². The molecule has 0 fully saturated rings. The standard InChI is InChI=1S/C33H36Cl2N8O2/c1-4-20(5-2)24-7-6-8-29(26-15-22(11-13-36-26)32-27(38-33(24)45)18-37-41(32)3)42-14-12-21(16-31(42)44)25-17-23(34)9-10-28(25)43-19-30(35)39-40-43/h9-11,13,15-20,24,29H,4-8,12,14H2,1-3H3,(H,38,45)/t24-,29-/m0/s1. The molecule has 2 aliphatic heterocycles. The lowest BCUT2D eigenvalue weighted by Gasteiger charge is -2.35. The molecule has 0 saturated carbocycles. The van der Waals surface area contributed by atoms with E-state index in [9.17, 15) is 9.59 Å². The number of hydrogen-bond donors (Lipinski definition) is 1. The van der Waals surface area contributed by atoms with E-state index >= 15 is 0 Å². The molecule has 6 rings (SSSR count). The maximum absolute atomic E-state index is 14.0. The molecular weight excluding hydrogens is 611 g/mol. The Balaban J connectivity index is 1.37. The quantitative estimate of drug-likeness (QED) is 0.244. The zero-order chi connectivity index (χ0) is 31.7. The van der Waals surface area contributed by atoms with E-state index in [0.717, 1.165) is 59.5 Å². The largest absolute Gasteiger partial charge is 0.330 e. The van der Waals surface area contributed by atoms with Gasteiger partial charge in [0.15, 0.2) is 5.15 Å². The van der Waals surface area contributed by atoms with E-state index in [0.29, 0.717) is 30.1 Å². The van der Waals surface area contributed by atoms with E-state index in [1.165, 1.54) is 0 Å². The molecule has 12 heteroatoms. The second kappa shape index (κ2) is 13.1. The topological polar surface area (TPSA) is 111 Å². The van der Waals surface area contributed by atoms with Crippen LogP contribution in [0.4, 0.5) is 5.69 Å². The Morgan fingerprint density at radius 3 is 2.64 bits per heavy atom. The highest BCUT2D eigenvalue weighted by molar-refractivity contribution is 6.31. The molecule has 0 saturated heterocycles. The van der Waals surface area contributed by atoms with E-state index in [-0.39, 0.29) is 34.8 Å². The molecule has 45 heavy (non-hydrogen) atoms. The van der Waals surface area contributed by atoms with Crippen LogP contribution in [0, 0.1) is 11.8 Å². The summed E-state index contributed by atoms with van der Waals surface area (Å²) >= 11 is 12.5. The van der Waals surface area contributed by atoms with E-state index < -0.39 is 0 Å². The van der Waals surface area contributed by atoms with E-state index in [4.69, 9.17) is 28.2 Å². The summed E-state index contributed by atoms with van der Waals surface area (Å²) in [6.07, 6.45) is 11.4. The van der Waals surface area contributed by atoms with Crippen LogP contribution in [0.2, 0.25) is 10.2 Å². The van der Waals surface area contributed by atoms with E-state index in [1.54, 1.807) is 40.1 Å². The van der Waals surface area contributed by atoms with Crippen LogP contribution in [0.5, 0.6) is 0 Å². The van der Waals surface area contributed by atoms with Crippen molar-refractivity contribution in [3.8, 4) is 16.9 Å². The Hall–Kier alpha value is -4.02. The molecule has 10 nitrogen and oxygen atoms in total. The van der Waals surface area contributed by atoms with Gasteiger partial charge in [0, 0.05) is 47.9 Å². The van der Waals surface area contributed by atoms with Crippen molar-refractivity contribution in [1.29, 1.82) is 0 Å². The first-order valence-corrected chi connectivity index (χ1v) is 16.2. The molecular formula is C33H36Cl2N8O2. The van der Waals surface area contributed by atoms with E-state index in [1.807, 2.05) is 36.2 Å². The molecule has 5 heterocycles. The number of halogens is 2.